The van der Waals surface area contributed by atoms with Crippen LogP contribution in [0.1, 0.15) is 59.2 Å². The van der Waals surface area contributed by atoms with Crippen LogP contribution in [0.4, 0.5) is 0 Å². The maximum absolute atomic E-state index is 5.82. The molecule has 1 saturated heterocycles. The van der Waals surface area contributed by atoms with Crippen molar-refractivity contribution in [3.63, 3.8) is 0 Å². The van der Waals surface area contributed by atoms with Crippen molar-refractivity contribution >= 4 is 17.3 Å². The molecule has 0 amide bonds. The Bertz CT molecular complexity index is 1020. The minimum Gasteiger partial charge on any atom is -0.352 e. The zero-order valence-corrected chi connectivity index (χ0v) is 17.7. The first kappa shape index (κ1) is 18.4. The van der Waals surface area contributed by atoms with Crippen molar-refractivity contribution in [2.24, 2.45) is 0 Å². The van der Waals surface area contributed by atoms with E-state index in [1.165, 1.54) is 35.4 Å². The Kier molecular flexibility index (Phi) is 4.63. The van der Waals surface area contributed by atoms with Gasteiger partial charge < -0.3 is 14.8 Å². The molecule has 2 aliphatic rings. The molecule has 3 heterocycles. The lowest BCUT2D eigenvalue weighted by Crippen LogP contribution is -2.29. The van der Waals surface area contributed by atoms with E-state index in [2.05, 4.69) is 82.1 Å². The van der Waals surface area contributed by atoms with Crippen LogP contribution in [0.3, 0.4) is 0 Å². The molecule has 5 rings (SSSR count). The second-order valence-electron chi connectivity index (χ2n) is 8.17. The van der Waals surface area contributed by atoms with Gasteiger partial charge in [-0.25, -0.2) is 0 Å². The third kappa shape index (κ3) is 3.33. The molecule has 1 aliphatic carbocycles. The van der Waals surface area contributed by atoms with Crippen molar-refractivity contribution in [3.8, 4) is 0 Å². The fourth-order valence-electron chi connectivity index (χ4n) is 4.69. The lowest BCUT2D eigenvalue weighted by Gasteiger charge is -2.28. The number of pyridine rings is 1. The van der Waals surface area contributed by atoms with Gasteiger partial charge in [0.25, 0.3) is 0 Å². The first-order chi connectivity index (χ1) is 14.1. The molecule has 0 spiro atoms. The molecule has 4 nitrogen and oxygen atoms in total. The number of hydrogen-bond donors (Lipinski definition) is 1. The lowest BCUT2D eigenvalue weighted by atomic mass is 9.96. The van der Waals surface area contributed by atoms with E-state index in [1.54, 1.807) is 0 Å². The summed E-state index contributed by atoms with van der Waals surface area (Å²) in [4.78, 5) is 7.00. The Balaban J connectivity index is 1.59. The number of hydrogen-bond acceptors (Lipinski definition) is 2. The number of benzene rings is 1. The van der Waals surface area contributed by atoms with Crippen molar-refractivity contribution in [1.29, 1.82) is 0 Å². The van der Waals surface area contributed by atoms with Gasteiger partial charge in [-0.15, -0.1) is 0 Å². The highest BCUT2D eigenvalue weighted by molar-refractivity contribution is 7.80. The molecule has 5 heteroatoms. The third-order valence-corrected chi connectivity index (χ3v) is 6.50. The van der Waals surface area contributed by atoms with Crippen molar-refractivity contribution in [2.45, 2.75) is 51.4 Å². The molecule has 0 unspecified atom stereocenters. The minimum absolute atomic E-state index is 0.0422. The molecule has 2 aromatic heterocycles. The Morgan fingerprint density at radius 1 is 1.07 bits per heavy atom. The largest absolute Gasteiger partial charge is 0.352 e. The van der Waals surface area contributed by atoms with Gasteiger partial charge >= 0.3 is 0 Å². The van der Waals surface area contributed by atoms with Crippen LogP contribution in [-0.4, -0.2) is 19.6 Å². The van der Waals surface area contributed by atoms with Gasteiger partial charge in [0.1, 0.15) is 0 Å². The molecule has 1 saturated carbocycles. The average molecular weight is 403 g/mol. The van der Waals surface area contributed by atoms with E-state index in [1.807, 2.05) is 12.3 Å². The minimum atomic E-state index is 0.0422. The quantitative estimate of drug-likeness (QED) is 0.608. The Hall–Kier alpha value is -2.66. The van der Waals surface area contributed by atoms with Crippen LogP contribution < -0.4 is 5.32 Å². The fourth-order valence-corrected chi connectivity index (χ4v) is 5.00. The van der Waals surface area contributed by atoms with Crippen LogP contribution in [-0.2, 0) is 6.54 Å². The van der Waals surface area contributed by atoms with Gasteiger partial charge in [-0.05, 0) is 68.2 Å². The smallest absolute Gasteiger partial charge is 0.170 e. The van der Waals surface area contributed by atoms with E-state index < -0.39 is 0 Å². The third-order valence-electron chi connectivity index (χ3n) is 6.15. The second kappa shape index (κ2) is 7.30. The van der Waals surface area contributed by atoms with E-state index in [4.69, 9.17) is 12.2 Å². The van der Waals surface area contributed by atoms with E-state index in [0.717, 1.165) is 17.4 Å². The highest BCUT2D eigenvalue weighted by Crippen LogP contribution is 2.45. The zero-order valence-electron chi connectivity index (χ0n) is 16.9. The second-order valence-corrected chi connectivity index (χ2v) is 8.55. The molecular weight excluding hydrogens is 376 g/mol. The van der Waals surface area contributed by atoms with Gasteiger partial charge in [0.05, 0.1) is 17.8 Å². The molecule has 2 atom stereocenters. The molecule has 1 aliphatic heterocycles. The molecule has 3 aromatic rings. The fraction of sp³-hybridized carbons (Fsp3) is 0.333. The van der Waals surface area contributed by atoms with Gasteiger partial charge in [-0.1, -0.05) is 36.4 Å². The molecular formula is C24H26N4S. The van der Waals surface area contributed by atoms with Crippen LogP contribution >= 0.6 is 12.2 Å². The molecule has 0 bridgehead atoms. The first-order valence-corrected chi connectivity index (χ1v) is 10.7. The van der Waals surface area contributed by atoms with Crippen LogP contribution in [0.25, 0.3) is 0 Å². The number of aryl methyl sites for hydroxylation is 1. The summed E-state index contributed by atoms with van der Waals surface area (Å²) < 4.78 is 2.52. The summed E-state index contributed by atoms with van der Waals surface area (Å²) in [5.41, 5.74) is 6.36. The molecule has 29 heavy (non-hydrogen) atoms. The highest BCUT2D eigenvalue weighted by Gasteiger charge is 2.42. The molecule has 1 aromatic carbocycles. The van der Waals surface area contributed by atoms with Gasteiger partial charge in [0.2, 0.25) is 0 Å². The maximum Gasteiger partial charge on any atom is 0.170 e. The summed E-state index contributed by atoms with van der Waals surface area (Å²) in [6.45, 7) is 5.28. The summed E-state index contributed by atoms with van der Waals surface area (Å²) in [7, 11) is 0. The number of rotatable bonds is 5. The van der Waals surface area contributed by atoms with Crippen LogP contribution in [0.15, 0.2) is 60.8 Å². The Morgan fingerprint density at radius 2 is 1.83 bits per heavy atom. The normalized spacial score (nSPS) is 21.4. The molecule has 2 fully saturated rings. The van der Waals surface area contributed by atoms with Gasteiger partial charge in [0, 0.05) is 30.2 Å². The first-order valence-electron chi connectivity index (χ1n) is 10.3. The monoisotopic (exact) mass is 402 g/mol. The number of aromatic nitrogens is 2. The Labute approximate surface area is 177 Å². The molecule has 1 N–H and O–H groups in total. The van der Waals surface area contributed by atoms with Crippen LogP contribution in [0, 0.1) is 13.8 Å². The maximum atomic E-state index is 5.82. The molecule has 0 radical (unpaired) electrons. The number of nitrogens with one attached hydrogen (secondary N) is 1. The number of nitrogens with zero attached hydrogens (tertiary/aromatic N) is 3. The molecule has 148 valence electrons. The van der Waals surface area contributed by atoms with Crippen molar-refractivity contribution in [2.75, 3.05) is 0 Å². The van der Waals surface area contributed by atoms with Crippen molar-refractivity contribution in [1.82, 2.24) is 19.8 Å². The van der Waals surface area contributed by atoms with Crippen LogP contribution in [0.5, 0.6) is 0 Å². The SMILES string of the molecule is Cc1cc([C@@H]2[C@H](c3ccccn3)NC(=S)N2Cc2ccccc2)c(C)n1C1CC1. The van der Waals surface area contributed by atoms with Gasteiger partial charge in [-0.2, -0.15) is 0 Å². The zero-order chi connectivity index (χ0) is 20.0. The van der Waals surface area contributed by atoms with Gasteiger partial charge in [-0.3, -0.25) is 4.98 Å². The van der Waals surface area contributed by atoms with Crippen molar-refractivity contribution < 1.29 is 0 Å². The van der Waals surface area contributed by atoms with Gasteiger partial charge in [0.15, 0.2) is 5.11 Å². The topological polar surface area (TPSA) is 33.1 Å². The average Bonchev–Trinajstić information content (AvgIpc) is 3.46. The van der Waals surface area contributed by atoms with E-state index >= 15 is 0 Å². The van der Waals surface area contributed by atoms with E-state index in [-0.39, 0.29) is 12.1 Å². The van der Waals surface area contributed by atoms with E-state index in [0.29, 0.717) is 6.04 Å². The summed E-state index contributed by atoms with van der Waals surface area (Å²) in [6.07, 6.45) is 4.44. The standard InChI is InChI=1S/C24H26N4S/c1-16-14-20(17(2)28(16)19-11-12-19)23-22(21-10-6-7-13-25-21)26-24(29)27(23)15-18-8-4-3-5-9-18/h3-10,13-14,19,22-23H,11-12,15H2,1-2H3,(H,26,29)/t22-,23+/m0/s1. The summed E-state index contributed by atoms with van der Waals surface area (Å²) >= 11 is 5.82. The lowest BCUT2D eigenvalue weighted by molar-refractivity contribution is 0.309. The highest BCUT2D eigenvalue weighted by atomic mass is 32.1. The van der Waals surface area contributed by atoms with Crippen molar-refractivity contribution in [3.05, 3.63) is 89.0 Å². The van der Waals surface area contributed by atoms with E-state index in [9.17, 15) is 0 Å². The van der Waals surface area contributed by atoms with Crippen LogP contribution in [0.2, 0.25) is 0 Å². The summed E-state index contributed by atoms with van der Waals surface area (Å²) in [5, 5.41) is 4.37. The Morgan fingerprint density at radius 3 is 2.52 bits per heavy atom. The number of thiocarbonyl (C=S) groups is 1. The predicted molar refractivity (Wildman–Crippen MR) is 120 cm³/mol. The predicted octanol–water partition coefficient (Wildman–Crippen LogP) is 5.01. The summed E-state index contributed by atoms with van der Waals surface area (Å²) in [5.74, 6) is 0. The summed E-state index contributed by atoms with van der Waals surface area (Å²) in [6, 6.07) is 19.9.